The molecule has 0 saturated carbocycles. The Morgan fingerprint density at radius 3 is 2.82 bits per heavy atom. The van der Waals surface area contributed by atoms with Crippen molar-refractivity contribution in [2.45, 2.75) is 12.8 Å². The van der Waals surface area contributed by atoms with Gasteiger partial charge in [0.2, 0.25) is 5.91 Å². The van der Waals surface area contributed by atoms with E-state index in [2.05, 4.69) is 25.6 Å². The van der Waals surface area contributed by atoms with Crippen LogP contribution in [0.2, 0.25) is 0 Å². The molecule has 0 aliphatic carbocycles. The Balaban J connectivity index is 1.35. The van der Waals surface area contributed by atoms with E-state index in [1.165, 1.54) is 0 Å². The van der Waals surface area contributed by atoms with E-state index < -0.39 is 0 Å². The second kappa shape index (κ2) is 8.70. The van der Waals surface area contributed by atoms with E-state index in [1.54, 1.807) is 17.0 Å². The molecule has 2 N–H and O–H groups in total. The number of anilines is 1. The van der Waals surface area contributed by atoms with Gasteiger partial charge in [-0.1, -0.05) is 24.3 Å². The number of fused-ring (bicyclic) bond motifs is 3. The third-order valence-electron chi connectivity index (χ3n) is 5.53. The van der Waals surface area contributed by atoms with Gasteiger partial charge in [-0.15, -0.1) is 0 Å². The minimum Gasteiger partial charge on any atom is -0.371 e. The van der Waals surface area contributed by atoms with E-state index in [4.69, 9.17) is 5.10 Å². The molecule has 5 rings (SSSR count). The third-order valence-corrected chi connectivity index (χ3v) is 5.53. The summed E-state index contributed by atoms with van der Waals surface area (Å²) < 4.78 is 3.73. The minimum absolute atomic E-state index is 0.0111. The molecule has 0 unspecified atom stereocenters. The SMILES string of the molecule is CNc1nc2cc(-c3cccc(CC(=O)NCCc4cccnc4)c3)nn2c2c1ncn2C. The second-order valence-electron chi connectivity index (χ2n) is 7.88. The molecule has 0 bridgehead atoms. The molecule has 33 heavy (non-hydrogen) atoms. The molecular weight excluding hydrogens is 416 g/mol. The van der Waals surface area contributed by atoms with Crippen molar-refractivity contribution in [3.63, 3.8) is 0 Å². The Labute approximate surface area is 190 Å². The maximum absolute atomic E-state index is 12.4. The fourth-order valence-corrected chi connectivity index (χ4v) is 3.91. The molecule has 166 valence electrons. The highest BCUT2D eigenvalue weighted by molar-refractivity contribution is 5.86. The minimum atomic E-state index is -0.0111. The van der Waals surface area contributed by atoms with Crippen LogP contribution < -0.4 is 10.6 Å². The van der Waals surface area contributed by atoms with Gasteiger partial charge < -0.3 is 15.2 Å². The highest BCUT2D eigenvalue weighted by Crippen LogP contribution is 2.25. The second-order valence-corrected chi connectivity index (χ2v) is 7.88. The first-order valence-electron chi connectivity index (χ1n) is 10.8. The van der Waals surface area contributed by atoms with Gasteiger partial charge in [0, 0.05) is 44.7 Å². The van der Waals surface area contributed by atoms with Crippen LogP contribution in [0.1, 0.15) is 11.1 Å². The number of nitrogens with one attached hydrogen (secondary N) is 2. The molecule has 1 aromatic carbocycles. The van der Waals surface area contributed by atoms with Crippen molar-refractivity contribution in [3.8, 4) is 11.3 Å². The summed E-state index contributed by atoms with van der Waals surface area (Å²) in [5, 5.41) is 10.9. The van der Waals surface area contributed by atoms with Crippen molar-refractivity contribution in [3.05, 3.63) is 72.3 Å². The number of nitrogens with zero attached hydrogens (tertiary/aromatic N) is 6. The zero-order chi connectivity index (χ0) is 22.8. The molecule has 9 nitrogen and oxygen atoms in total. The lowest BCUT2D eigenvalue weighted by molar-refractivity contribution is -0.120. The average molecular weight is 441 g/mol. The number of hydrogen-bond acceptors (Lipinski definition) is 6. The topological polar surface area (TPSA) is 102 Å². The fraction of sp³-hybridized carbons (Fsp3) is 0.208. The quantitative estimate of drug-likeness (QED) is 0.403. The molecule has 0 atom stereocenters. The molecule has 0 spiro atoms. The molecule has 4 heterocycles. The molecule has 9 heteroatoms. The van der Waals surface area contributed by atoms with Crippen LogP contribution in [0, 0.1) is 0 Å². The van der Waals surface area contributed by atoms with Gasteiger partial charge in [-0.2, -0.15) is 9.61 Å². The Morgan fingerprint density at radius 2 is 2.00 bits per heavy atom. The first-order valence-corrected chi connectivity index (χ1v) is 10.8. The van der Waals surface area contributed by atoms with Crippen LogP contribution in [0.15, 0.2) is 61.2 Å². The zero-order valence-electron chi connectivity index (χ0n) is 18.5. The lowest BCUT2D eigenvalue weighted by Gasteiger charge is -2.06. The van der Waals surface area contributed by atoms with E-state index in [0.29, 0.717) is 18.8 Å². The summed E-state index contributed by atoms with van der Waals surface area (Å²) in [6, 6.07) is 13.7. The predicted molar refractivity (Wildman–Crippen MR) is 127 cm³/mol. The molecule has 0 radical (unpaired) electrons. The normalized spacial score (nSPS) is 11.2. The summed E-state index contributed by atoms with van der Waals surface area (Å²) in [5.74, 6) is 0.698. The molecule has 0 fully saturated rings. The monoisotopic (exact) mass is 440 g/mol. The number of carbonyl (C=O) groups excluding carboxylic acids is 1. The Morgan fingerprint density at radius 1 is 1.12 bits per heavy atom. The summed E-state index contributed by atoms with van der Waals surface area (Å²) in [5.41, 5.74) is 6.10. The van der Waals surface area contributed by atoms with Crippen LogP contribution in [0.4, 0.5) is 5.82 Å². The number of hydrogen-bond donors (Lipinski definition) is 2. The van der Waals surface area contributed by atoms with E-state index in [1.807, 2.05) is 67.3 Å². The molecule has 5 aromatic rings. The summed E-state index contributed by atoms with van der Waals surface area (Å²) in [4.78, 5) is 25.6. The van der Waals surface area contributed by atoms with Crippen LogP contribution in [-0.2, 0) is 24.7 Å². The first-order chi connectivity index (χ1) is 16.1. The standard InChI is InChI=1S/C24H24N8O/c1-25-23-22-24(31(2)15-28-22)32-20(29-23)13-19(30-32)18-7-3-5-17(11-18)12-21(33)27-10-8-16-6-4-9-26-14-16/h3-7,9,11,13-15H,8,10,12H2,1-2H3,(H,25,29)(H,27,33). The Bertz CT molecular complexity index is 1440. The zero-order valence-corrected chi connectivity index (χ0v) is 18.5. The van der Waals surface area contributed by atoms with Crippen molar-refractivity contribution in [1.82, 2.24) is 34.4 Å². The van der Waals surface area contributed by atoms with E-state index >= 15 is 0 Å². The van der Waals surface area contributed by atoms with Crippen LogP contribution in [0.25, 0.3) is 28.1 Å². The van der Waals surface area contributed by atoms with Crippen LogP contribution >= 0.6 is 0 Å². The summed E-state index contributed by atoms with van der Waals surface area (Å²) >= 11 is 0. The summed E-state index contributed by atoms with van der Waals surface area (Å²) in [6.45, 7) is 0.580. The van der Waals surface area contributed by atoms with E-state index in [0.717, 1.165) is 45.6 Å². The van der Waals surface area contributed by atoms with Crippen LogP contribution in [0.3, 0.4) is 0 Å². The smallest absolute Gasteiger partial charge is 0.224 e. The average Bonchev–Trinajstić information content (AvgIpc) is 3.43. The van der Waals surface area contributed by atoms with Crippen LogP contribution in [0.5, 0.6) is 0 Å². The van der Waals surface area contributed by atoms with Gasteiger partial charge in [0.05, 0.1) is 18.4 Å². The van der Waals surface area contributed by atoms with Gasteiger partial charge in [-0.05, 0) is 29.7 Å². The highest BCUT2D eigenvalue weighted by atomic mass is 16.1. The van der Waals surface area contributed by atoms with Gasteiger partial charge in [-0.3, -0.25) is 9.78 Å². The molecule has 0 aliphatic rings. The number of rotatable bonds is 7. The van der Waals surface area contributed by atoms with Crippen molar-refractivity contribution in [2.24, 2.45) is 7.05 Å². The highest BCUT2D eigenvalue weighted by Gasteiger charge is 2.15. The number of benzene rings is 1. The summed E-state index contributed by atoms with van der Waals surface area (Å²) in [7, 11) is 3.76. The number of pyridine rings is 1. The number of aromatic nitrogens is 6. The van der Waals surface area contributed by atoms with Crippen molar-refractivity contribution in [2.75, 3.05) is 18.9 Å². The van der Waals surface area contributed by atoms with Gasteiger partial charge >= 0.3 is 0 Å². The predicted octanol–water partition coefficient (Wildman–Crippen LogP) is 2.62. The number of imidazole rings is 1. The molecule has 4 aromatic heterocycles. The van der Waals surface area contributed by atoms with E-state index in [9.17, 15) is 4.79 Å². The first kappa shape index (κ1) is 20.6. The lowest BCUT2D eigenvalue weighted by atomic mass is 10.1. The van der Waals surface area contributed by atoms with Gasteiger partial charge in [0.25, 0.3) is 0 Å². The van der Waals surface area contributed by atoms with Gasteiger partial charge in [0.15, 0.2) is 22.6 Å². The summed E-state index contributed by atoms with van der Waals surface area (Å²) in [6.07, 6.45) is 6.38. The van der Waals surface area contributed by atoms with Crippen molar-refractivity contribution < 1.29 is 4.79 Å². The van der Waals surface area contributed by atoms with Crippen molar-refractivity contribution >= 4 is 28.5 Å². The maximum atomic E-state index is 12.4. The van der Waals surface area contributed by atoms with Crippen molar-refractivity contribution in [1.29, 1.82) is 0 Å². The molecule has 0 aliphatic heterocycles. The Kier molecular flexibility index (Phi) is 5.43. The number of amides is 1. The van der Waals surface area contributed by atoms with Crippen LogP contribution in [-0.4, -0.2) is 48.6 Å². The fourth-order valence-electron chi connectivity index (χ4n) is 3.91. The van der Waals surface area contributed by atoms with Gasteiger partial charge in [-0.25, -0.2) is 9.97 Å². The third kappa shape index (κ3) is 4.12. The lowest BCUT2D eigenvalue weighted by Crippen LogP contribution is -2.27. The maximum Gasteiger partial charge on any atom is 0.224 e. The molecule has 1 amide bonds. The number of carbonyl (C=O) groups is 1. The Hall–Kier alpha value is -4.27. The van der Waals surface area contributed by atoms with Gasteiger partial charge in [0.1, 0.15) is 0 Å². The number of aryl methyl sites for hydroxylation is 1. The molecule has 0 saturated heterocycles. The molecular formula is C24H24N8O. The largest absolute Gasteiger partial charge is 0.371 e. The van der Waals surface area contributed by atoms with E-state index in [-0.39, 0.29) is 5.91 Å².